The van der Waals surface area contributed by atoms with Crippen LogP contribution in [0.3, 0.4) is 0 Å². The molecule has 2 aliphatic rings. The van der Waals surface area contributed by atoms with E-state index < -0.39 is 0 Å². The third kappa shape index (κ3) is 4.38. The SMILES string of the molecule is N#Cc1c(NC(=O)CSc2nnc(NN=C3CCCC3)n2N)sc2c1CCCC2. The Balaban J connectivity index is 1.35. The highest BCUT2D eigenvalue weighted by Crippen LogP contribution is 2.37. The summed E-state index contributed by atoms with van der Waals surface area (Å²) in [7, 11) is 0. The molecule has 2 aliphatic carbocycles. The first-order valence-corrected chi connectivity index (χ1v) is 11.4. The molecule has 4 N–H and O–H groups in total. The maximum atomic E-state index is 12.4. The van der Waals surface area contributed by atoms with Gasteiger partial charge in [0.15, 0.2) is 0 Å². The molecule has 1 fully saturated rings. The van der Waals surface area contributed by atoms with E-state index in [2.05, 4.69) is 32.1 Å². The van der Waals surface area contributed by atoms with Crippen LogP contribution in [0.5, 0.6) is 0 Å². The second-order valence-electron chi connectivity index (χ2n) is 7.04. The molecule has 152 valence electrons. The molecule has 4 rings (SSSR count). The molecule has 2 aromatic rings. The Morgan fingerprint density at radius 2 is 2.00 bits per heavy atom. The molecule has 11 heteroatoms. The number of anilines is 2. The Kier molecular flexibility index (Phi) is 6.01. The fourth-order valence-corrected chi connectivity index (χ4v) is 5.45. The summed E-state index contributed by atoms with van der Waals surface area (Å²) in [5.41, 5.74) is 5.67. The number of aryl methyl sites for hydroxylation is 1. The number of hydrogen-bond acceptors (Lipinski definition) is 9. The third-order valence-electron chi connectivity index (χ3n) is 5.03. The first-order chi connectivity index (χ1) is 14.2. The lowest BCUT2D eigenvalue weighted by atomic mass is 9.96. The zero-order valence-corrected chi connectivity index (χ0v) is 17.5. The number of nitrogens with one attached hydrogen (secondary N) is 2. The van der Waals surface area contributed by atoms with Gasteiger partial charge in [-0.3, -0.25) is 4.79 Å². The van der Waals surface area contributed by atoms with E-state index in [0.29, 0.717) is 21.7 Å². The lowest BCUT2D eigenvalue weighted by Gasteiger charge is -2.09. The van der Waals surface area contributed by atoms with Crippen molar-refractivity contribution >= 4 is 45.7 Å². The fraction of sp³-hybridized carbons (Fsp3) is 0.500. The monoisotopic (exact) mass is 430 g/mol. The van der Waals surface area contributed by atoms with Crippen molar-refractivity contribution in [2.24, 2.45) is 5.10 Å². The first-order valence-electron chi connectivity index (χ1n) is 9.65. The number of nitriles is 1. The molecule has 0 saturated heterocycles. The summed E-state index contributed by atoms with van der Waals surface area (Å²) >= 11 is 2.70. The molecule has 29 heavy (non-hydrogen) atoms. The molecule has 2 aromatic heterocycles. The van der Waals surface area contributed by atoms with Crippen molar-refractivity contribution in [3.05, 3.63) is 16.0 Å². The van der Waals surface area contributed by atoms with Crippen molar-refractivity contribution in [3.8, 4) is 6.07 Å². The normalized spacial score (nSPS) is 15.6. The molecule has 0 aromatic carbocycles. The van der Waals surface area contributed by atoms with Crippen LogP contribution < -0.4 is 16.6 Å². The van der Waals surface area contributed by atoms with Crippen molar-refractivity contribution in [2.45, 2.75) is 56.5 Å². The molecule has 1 amide bonds. The molecule has 9 nitrogen and oxygen atoms in total. The summed E-state index contributed by atoms with van der Waals surface area (Å²) in [6, 6.07) is 2.25. The number of nitrogen functional groups attached to an aromatic ring is 1. The number of thiophene rings is 1. The number of carbonyl (C=O) groups excluding carboxylic acids is 1. The van der Waals surface area contributed by atoms with Gasteiger partial charge < -0.3 is 11.2 Å². The van der Waals surface area contributed by atoms with E-state index in [1.807, 2.05) is 0 Å². The Hall–Kier alpha value is -2.58. The van der Waals surface area contributed by atoms with Gasteiger partial charge in [-0.25, -0.2) is 10.1 Å². The zero-order chi connectivity index (χ0) is 20.2. The number of fused-ring (bicyclic) bond motifs is 1. The third-order valence-corrected chi connectivity index (χ3v) is 7.18. The van der Waals surface area contributed by atoms with E-state index >= 15 is 0 Å². The number of hydrogen-bond donors (Lipinski definition) is 3. The molecule has 0 atom stereocenters. The predicted molar refractivity (Wildman–Crippen MR) is 115 cm³/mol. The van der Waals surface area contributed by atoms with Gasteiger partial charge in [-0.1, -0.05) is 11.8 Å². The minimum absolute atomic E-state index is 0.122. The standard InChI is InChI=1S/C18H22N8OS2/c19-9-13-12-7-3-4-8-14(12)29-16(13)21-15(27)10-28-18-25-24-17(26(18)20)23-22-11-5-1-2-6-11/h1-8,10,20H2,(H,21,27)(H,23,24). The van der Waals surface area contributed by atoms with Crippen LogP contribution in [0, 0.1) is 11.3 Å². The van der Waals surface area contributed by atoms with E-state index in [0.717, 1.165) is 62.6 Å². The Bertz CT molecular complexity index is 979. The summed E-state index contributed by atoms with van der Waals surface area (Å²) in [4.78, 5) is 13.6. The minimum atomic E-state index is -0.200. The topological polar surface area (TPSA) is 134 Å². The lowest BCUT2D eigenvalue weighted by Crippen LogP contribution is -2.17. The van der Waals surface area contributed by atoms with Crippen LogP contribution >= 0.6 is 23.1 Å². The molecule has 0 spiro atoms. The van der Waals surface area contributed by atoms with E-state index in [1.54, 1.807) is 0 Å². The highest BCUT2D eigenvalue weighted by Gasteiger charge is 2.22. The van der Waals surface area contributed by atoms with E-state index in [1.165, 1.54) is 32.7 Å². The average molecular weight is 431 g/mol. The largest absolute Gasteiger partial charge is 0.334 e. The molecule has 0 aliphatic heterocycles. The highest BCUT2D eigenvalue weighted by atomic mass is 32.2. The van der Waals surface area contributed by atoms with Gasteiger partial charge in [-0.2, -0.15) is 10.4 Å². The summed E-state index contributed by atoms with van der Waals surface area (Å²) in [6.45, 7) is 0. The summed E-state index contributed by atoms with van der Waals surface area (Å²) < 4.78 is 1.29. The number of aromatic nitrogens is 3. The molecule has 2 heterocycles. The van der Waals surface area contributed by atoms with Crippen LogP contribution in [0.15, 0.2) is 10.3 Å². The summed E-state index contributed by atoms with van der Waals surface area (Å²) in [6.07, 6.45) is 8.42. The number of hydrazone groups is 1. The quantitative estimate of drug-likeness (QED) is 0.364. The summed E-state index contributed by atoms with van der Waals surface area (Å²) in [5.74, 6) is 6.27. The Morgan fingerprint density at radius 3 is 2.79 bits per heavy atom. The molecule has 0 radical (unpaired) electrons. The minimum Gasteiger partial charge on any atom is -0.334 e. The fourth-order valence-electron chi connectivity index (χ4n) is 3.54. The van der Waals surface area contributed by atoms with Gasteiger partial charge in [0.1, 0.15) is 11.1 Å². The number of amides is 1. The lowest BCUT2D eigenvalue weighted by molar-refractivity contribution is -0.113. The maximum absolute atomic E-state index is 12.4. The Morgan fingerprint density at radius 1 is 1.24 bits per heavy atom. The van der Waals surface area contributed by atoms with E-state index in [9.17, 15) is 10.1 Å². The van der Waals surface area contributed by atoms with Crippen LogP contribution in [0.1, 0.15) is 54.5 Å². The van der Waals surface area contributed by atoms with Crippen LogP contribution in [0.4, 0.5) is 10.9 Å². The van der Waals surface area contributed by atoms with Crippen LogP contribution in [-0.2, 0) is 17.6 Å². The predicted octanol–water partition coefficient (Wildman–Crippen LogP) is 2.88. The van der Waals surface area contributed by atoms with Crippen molar-refractivity contribution < 1.29 is 4.79 Å². The number of nitrogens with zero attached hydrogens (tertiary/aromatic N) is 5. The van der Waals surface area contributed by atoms with Gasteiger partial charge >= 0.3 is 0 Å². The van der Waals surface area contributed by atoms with Gasteiger partial charge in [0.05, 0.1) is 11.3 Å². The van der Waals surface area contributed by atoms with Crippen molar-refractivity contribution in [1.29, 1.82) is 5.26 Å². The number of rotatable bonds is 6. The zero-order valence-electron chi connectivity index (χ0n) is 15.9. The van der Waals surface area contributed by atoms with Gasteiger partial charge in [-0.15, -0.1) is 21.5 Å². The van der Waals surface area contributed by atoms with Crippen LogP contribution in [-0.4, -0.2) is 32.2 Å². The van der Waals surface area contributed by atoms with Gasteiger partial charge in [0, 0.05) is 10.6 Å². The van der Waals surface area contributed by atoms with Crippen molar-refractivity contribution in [3.63, 3.8) is 0 Å². The van der Waals surface area contributed by atoms with Crippen molar-refractivity contribution in [1.82, 2.24) is 14.9 Å². The Labute approximate surface area is 176 Å². The van der Waals surface area contributed by atoms with E-state index in [-0.39, 0.29) is 11.7 Å². The van der Waals surface area contributed by atoms with Gasteiger partial charge in [-0.05, 0) is 56.9 Å². The molecular weight excluding hydrogens is 408 g/mol. The molecule has 0 bridgehead atoms. The second-order valence-corrected chi connectivity index (χ2v) is 9.08. The molecule has 0 unspecified atom stereocenters. The smallest absolute Gasteiger partial charge is 0.264 e. The number of nitrogens with two attached hydrogens (primary N) is 1. The second kappa shape index (κ2) is 8.84. The van der Waals surface area contributed by atoms with Crippen molar-refractivity contribution in [2.75, 3.05) is 22.3 Å². The number of carbonyl (C=O) groups is 1. The first kappa shape index (κ1) is 19.7. The van der Waals surface area contributed by atoms with Crippen LogP contribution in [0.2, 0.25) is 0 Å². The van der Waals surface area contributed by atoms with Gasteiger partial charge in [0.2, 0.25) is 11.1 Å². The average Bonchev–Trinajstić information content (AvgIpc) is 3.44. The molecule has 1 saturated carbocycles. The van der Waals surface area contributed by atoms with Crippen LogP contribution in [0.25, 0.3) is 0 Å². The maximum Gasteiger partial charge on any atom is 0.264 e. The highest BCUT2D eigenvalue weighted by molar-refractivity contribution is 7.99. The summed E-state index contributed by atoms with van der Waals surface area (Å²) in [5, 5.41) is 25.8. The van der Waals surface area contributed by atoms with Gasteiger partial charge in [0.25, 0.3) is 5.95 Å². The molecular formula is C18H22N8OS2. The number of thioether (sulfide) groups is 1. The van der Waals surface area contributed by atoms with E-state index in [4.69, 9.17) is 5.84 Å².